The Kier molecular flexibility index (Phi) is 4.12. The molecule has 0 saturated carbocycles. The molecule has 2 rings (SSSR count). The highest BCUT2D eigenvalue weighted by molar-refractivity contribution is 5.94. The van der Waals surface area contributed by atoms with Crippen molar-refractivity contribution in [3.8, 4) is 11.5 Å². The van der Waals surface area contributed by atoms with Gasteiger partial charge in [0.1, 0.15) is 5.75 Å². The van der Waals surface area contributed by atoms with Crippen molar-refractivity contribution >= 4 is 17.2 Å². The number of hydrogen-bond donors (Lipinski definition) is 0. The number of carbonyl (C=O) groups is 1. The number of nitro benzene ring substituents is 2. The Morgan fingerprint density at radius 1 is 1.05 bits per heavy atom. The van der Waals surface area contributed by atoms with Gasteiger partial charge in [-0.3, -0.25) is 25.0 Å². The Balaban J connectivity index is 2.41. The van der Waals surface area contributed by atoms with Crippen molar-refractivity contribution in [1.82, 2.24) is 0 Å². The second-order valence-corrected chi connectivity index (χ2v) is 4.35. The van der Waals surface area contributed by atoms with E-state index in [2.05, 4.69) is 0 Å². The zero-order valence-electron chi connectivity index (χ0n) is 11.4. The van der Waals surface area contributed by atoms with Gasteiger partial charge in [0.15, 0.2) is 5.78 Å². The molecule has 2 aromatic carbocycles. The van der Waals surface area contributed by atoms with Crippen molar-refractivity contribution in [1.29, 1.82) is 0 Å². The molecule has 0 radical (unpaired) electrons. The first-order chi connectivity index (χ1) is 10.4. The Morgan fingerprint density at radius 2 is 1.77 bits per heavy atom. The highest BCUT2D eigenvalue weighted by Crippen LogP contribution is 2.34. The lowest BCUT2D eigenvalue weighted by molar-refractivity contribution is -0.394. The number of benzene rings is 2. The molecule has 0 atom stereocenters. The van der Waals surface area contributed by atoms with Crippen LogP contribution in [0.25, 0.3) is 0 Å². The van der Waals surface area contributed by atoms with Gasteiger partial charge >= 0.3 is 5.69 Å². The molecule has 112 valence electrons. The fourth-order valence-electron chi connectivity index (χ4n) is 1.75. The summed E-state index contributed by atoms with van der Waals surface area (Å²) in [6.07, 6.45) is 0. The van der Waals surface area contributed by atoms with E-state index in [0.29, 0.717) is 5.56 Å². The molecule has 0 N–H and O–H groups in total. The van der Waals surface area contributed by atoms with E-state index in [4.69, 9.17) is 4.74 Å². The number of rotatable bonds is 5. The summed E-state index contributed by atoms with van der Waals surface area (Å²) in [5.74, 6) is -0.0930. The quantitative estimate of drug-likeness (QED) is 0.474. The maximum Gasteiger partial charge on any atom is 0.318 e. The number of nitro groups is 2. The van der Waals surface area contributed by atoms with Crippen molar-refractivity contribution in [2.45, 2.75) is 6.92 Å². The smallest absolute Gasteiger partial charge is 0.318 e. The molecule has 8 nitrogen and oxygen atoms in total. The molecular formula is C14H10N2O6. The number of nitrogens with zero attached hydrogens (tertiary/aromatic N) is 2. The Bertz CT molecular complexity index is 772. The molecule has 0 fully saturated rings. The van der Waals surface area contributed by atoms with Crippen LogP contribution < -0.4 is 4.74 Å². The molecule has 8 heteroatoms. The van der Waals surface area contributed by atoms with Crippen LogP contribution in [0.1, 0.15) is 17.3 Å². The molecule has 0 saturated heterocycles. The van der Waals surface area contributed by atoms with Gasteiger partial charge in [-0.05, 0) is 25.1 Å². The molecular weight excluding hydrogens is 292 g/mol. The van der Waals surface area contributed by atoms with Gasteiger partial charge in [-0.25, -0.2) is 0 Å². The molecule has 0 heterocycles. The topological polar surface area (TPSA) is 113 Å². The van der Waals surface area contributed by atoms with Crippen molar-refractivity contribution in [3.05, 3.63) is 68.3 Å². The van der Waals surface area contributed by atoms with Crippen molar-refractivity contribution in [3.63, 3.8) is 0 Å². The summed E-state index contributed by atoms with van der Waals surface area (Å²) >= 11 is 0. The summed E-state index contributed by atoms with van der Waals surface area (Å²) in [6.45, 7) is 1.38. The monoisotopic (exact) mass is 302 g/mol. The highest BCUT2D eigenvalue weighted by Gasteiger charge is 2.21. The van der Waals surface area contributed by atoms with E-state index in [-0.39, 0.29) is 17.3 Å². The minimum Gasteiger partial charge on any atom is -0.450 e. The van der Waals surface area contributed by atoms with Gasteiger partial charge in [-0.15, -0.1) is 0 Å². The van der Waals surface area contributed by atoms with E-state index < -0.39 is 21.2 Å². The van der Waals surface area contributed by atoms with E-state index in [0.717, 1.165) is 18.2 Å². The maximum atomic E-state index is 11.3. The van der Waals surface area contributed by atoms with Crippen LogP contribution >= 0.6 is 0 Å². The predicted molar refractivity (Wildman–Crippen MR) is 76.3 cm³/mol. The lowest BCUT2D eigenvalue weighted by atomic mass is 10.1. The molecule has 0 aliphatic heterocycles. The lowest BCUT2D eigenvalue weighted by Crippen LogP contribution is -1.97. The van der Waals surface area contributed by atoms with Gasteiger partial charge < -0.3 is 4.74 Å². The van der Waals surface area contributed by atoms with Crippen LogP contribution in [-0.4, -0.2) is 15.6 Å². The number of carbonyl (C=O) groups excluding carboxylic acids is 1. The molecule has 0 spiro atoms. The minimum atomic E-state index is -0.767. The maximum absolute atomic E-state index is 11.3. The van der Waals surface area contributed by atoms with Crippen LogP contribution in [0.3, 0.4) is 0 Å². The minimum absolute atomic E-state index is 0.142. The zero-order valence-corrected chi connectivity index (χ0v) is 11.4. The number of hydrogen-bond acceptors (Lipinski definition) is 6. The highest BCUT2D eigenvalue weighted by atomic mass is 16.6. The Labute approximate surface area is 124 Å². The molecule has 0 unspecified atom stereocenters. The van der Waals surface area contributed by atoms with Crippen molar-refractivity contribution in [2.24, 2.45) is 0 Å². The first-order valence-electron chi connectivity index (χ1n) is 6.10. The predicted octanol–water partition coefficient (Wildman–Crippen LogP) is 3.50. The zero-order chi connectivity index (χ0) is 16.3. The first-order valence-corrected chi connectivity index (χ1v) is 6.10. The third-order valence-electron chi connectivity index (χ3n) is 2.82. The van der Waals surface area contributed by atoms with E-state index in [9.17, 15) is 25.0 Å². The van der Waals surface area contributed by atoms with Crippen LogP contribution in [0.4, 0.5) is 11.4 Å². The summed E-state index contributed by atoms with van der Waals surface area (Å²) in [6, 6.07) is 9.20. The summed E-state index contributed by atoms with van der Waals surface area (Å²) < 4.78 is 5.38. The number of ether oxygens (including phenoxy) is 1. The van der Waals surface area contributed by atoms with Gasteiger partial charge in [0.05, 0.1) is 15.9 Å². The van der Waals surface area contributed by atoms with Crippen LogP contribution in [0, 0.1) is 20.2 Å². The second kappa shape index (κ2) is 6.00. The van der Waals surface area contributed by atoms with E-state index in [1.54, 1.807) is 12.1 Å². The number of non-ortho nitro benzene ring substituents is 1. The van der Waals surface area contributed by atoms with Crippen LogP contribution in [0.2, 0.25) is 0 Å². The van der Waals surface area contributed by atoms with Gasteiger partial charge in [-0.2, -0.15) is 0 Å². The van der Waals surface area contributed by atoms with Crippen LogP contribution in [0.5, 0.6) is 11.5 Å². The van der Waals surface area contributed by atoms with Crippen molar-refractivity contribution in [2.75, 3.05) is 0 Å². The summed E-state index contributed by atoms with van der Waals surface area (Å²) in [7, 11) is 0. The second-order valence-electron chi connectivity index (χ2n) is 4.35. The average molecular weight is 302 g/mol. The Hall–Kier alpha value is -3.29. The van der Waals surface area contributed by atoms with E-state index in [1.165, 1.54) is 19.1 Å². The third kappa shape index (κ3) is 3.23. The average Bonchev–Trinajstić information content (AvgIpc) is 2.47. The standard InChI is InChI=1S/C14H10N2O6/c1-9(17)10-3-2-4-12(7-10)22-14-6-5-11(15(18)19)8-13(14)16(20)21/h2-8H,1H3. The molecule has 2 aromatic rings. The normalized spacial score (nSPS) is 10.0. The number of Topliss-reactive ketones (excluding diaryl/α,β-unsaturated/α-hetero) is 1. The first kappa shape index (κ1) is 15.1. The van der Waals surface area contributed by atoms with Gasteiger partial charge in [0, 0.05) is 11.6 Å². The largest absolute Gasteiger partial charge is 0.450 e. The fraction of sp³-hybridized carbons (Fsp3) is 0.0714. The summed E-state index contributed by atoms with van der Waals surface area (Å²) in [5.41, 5.74) is -0.541. The molecule has 0 bridgehead atoms. The van der Waals surface area contributed by atoms with Crippen LogP contribution in [0.15, 0.2) is 42.5 Å². The van der Waals surface area contributed by atoms with Crippen molar-refractivity contribution < 1.29 is 19.4 Å². The van der Waals surface area contributed by atoms with E-state index in [1.807, 2.05) is 0 Å². The lowest BCUT2D eigenvalue weighted by Gasteiger charge is -2.07. The summed E-state index contributed by atoms with van der Waals surface area (Å²) in [5, 5.41) is 21.7. The summed E-state index contributed by atoms with van der Waals surface area (Å²) in [4.78, 5) is 31.5. The molecule has 0 aliphatic rings. The molecule has 0 aliphatic carbocycles. The van der Waals surface area contributed by atoms with E-state index >= 15 is 0 Å². The van der Waals surface area contributed by atoms with Gasteiger partial charge in [0.25, 0.3) is 5.69 Å². The van der Waals surface area contributed by atoms with Crippen LogP contribution in [-0.2, 0) is 0 Å². The number of ketones is 1. The van der Waals surface area contributed by atoms with Gasteiger partial charge in [-0.1, -0.05) is 12.1 Å². The molecule has 0 amide bonds. The fourth-order valence-corrected chi connectivity index (χ4v) is 1.75. The third-order valence-corrected chi connectivity index (χ3v) is 2.82. The molecule has 0 aromatic heterocycles. The Morgan fingerprint density at radius 3 is 2.36 bits per heavy atom. The van der Waals surface area contributed by atoms with Gasteiger partial charge in [0.2, 0.25) is 5.75 Å². The molecule has 22 heavy (non-hydrogen) atoms. The SMILES string of the molecule is CC(=O)c1cccc(Oc2ccc([N+](=O)[O-])cc2[N+](=O)[O-])c1.